The summed E-state index contributed by atoms with van der Waals surface area (Å²) in [5.41, 5.74) is -0.444. The first kappa shape index (κ1) is 20.5. The van der Waals surface area contributed by atoms with E-state index in [9.17, 15) is 9.59 Å². The molecule has 2 aromatic carbocycles. The van der Waals surface area contributed by atoms with Crippen LogP contribution in [0.3, 0.4) is 0 Å². The van der Waals surface area contributed by atoms with Gasteiger partial charge in [0.15, 0.2) is 0 Å². The van der Waals surface area contributed by atoms with Gasteiger partial charge in [-0.05, 0) is 53.2 Å². The summed E-state index contributed by atoms with van der Waals surface area (Å²) in [5.74, 6) is -1.83. The minimum Gasteiger partial charge on any atom is -0.444 e. The van der Waals surface area contributed by atoms with Crippen molar-refractivity contribution in [2.24, 2.45) is 10.8 Å². The van der Waals surface area contributed by atoms with E-state index in [1.807, 2.05) is 48.5 Å². The number of hydrogen-bond acceptors (Lipinski definition) is 5. The molecule has 2 aliphatic rings. The second-order valence-corrected chi connectivity index (χ2v) is 10.2. The Morgan fingerprint density at radius 1 is 0.800 bits per heavy atom. The van der Waals surface area contributed by atoms with Crippen LogP contribution >= 0.6 is 0 Å². The zero-order chi connectivity index (χ0) is 21.9. The van der Waals surface area contributed by atoms with Crippen LogP contribution in [0.1, 0.15) is 58.2 Å². The number of rotatable bonds is 2. The monoisotopic (exact) mass is 408 g/mol. The molecule has 0 saturated heterocycles. The van der Waals surface area contributed by atoms with Gasteiger partial charge < -0.3 is 14.2 Å². The van der Waals surface area contributed by atoms with Crippen molar-refractivity contribution in [2.75, 3.05) is 0 Å². The van der Waals surface area contributed by atoms with E-state index in [-0.39, 0.29) is 5.97 Å². The maximum Gasteiger partial charge on any atom is 0.326 e. The lowest BCUT2D eigenvalue weighted by atomic mass is 9.86. The number of carbonyl (C=O) groups excluding carboxylic acids is 2. The van der Waals surface area contributed by atoms with Gasteiger partial charge in [-0.3, -0.25) is 9.59 Å². The van der Waals surface area contributed by atoms with Crippen molar-refractivity contribution in [1.82, 2.24) is 0 Å². The molecule has 0 radical (unpaired) electrons. The SMILES string of the molecule is CC(C)(C)C(=O)OC12Cc3ccccc3C1(OC(=O)C(C)(C)C)Oc1ccccc12. The normalized spacial score (nSPS) is 24.3. The topological polar surface area (TPSA) is 61.8 Å². The summed E-state index contributed by atoms with van der Waals surface area (Å²) < 4.78 is 18.9. The molecule has 0 aromatic heterocycles. The third-order valence-electron chi connectivity index (χ3n) is 5.65. The first-order valence-electron chi connectivity index (χ1n) is 10.2. The van der Waals surface area contributed by atoms with Gasteiger partial charge in [0.2, 0.25) is 5.60 Å². The lowest BCUT2D eigenvalue weighted by molar-refractivity contribution is -0.276. The molecule has 1 heterocycles. The number of esters is 2. The van der Waals surface area contributed by atoms with Gasteiger partial charge in [-0.25, -0.2) is 0 Å². The van der Waals surface area contributed by atoms with Crippen LogP contribution in [0, 0.1) is 10.8 Å². The van der Waals surface area contributed by atoms with Crippen LogP contribution in [-0.4, -0.2) is 11.9 Å². The number of ether oxygens (including phenoxy) is 3. The summed E-state index contributed by atoms with van der Waals surface area (Å²) >= 11 is 0. The van der Waals surface area contributed by atoms with Crippen LogP contribution in [0.4, 0.5) is 0 Å². The molecule has 4 rings (SSSR count). The summed E-state index contributed by atoms with van der Waals surface area (Å²) in [7, 11) is 0. The minimum absolute atomic E-state index is 0.361. The van der Waals surface area contributed by atoms with Gasteiger partial charge in [0.25, 0.3) is 0 Å². The van der Waals surface area contributed by atoms with Crippen molar-refractivity contribution < 1.29 is 23.8 Å². The molecule has 0 saturated carbocycles. The fraction of sp³-hybridized carbons (Fsp3) is 0.440. The molecule has 2 unspecified atom stereocenters. The van der Waals surface area contributed by atoms with E-state index in [0.29, 0.717) is 23.3 Å². The van der Waals surface area contributed by atoms with Gasteiger partial charge in [-0.15, -0.1) is 0 Å². The zero-order valence-corrected chi connectivity index (χ0v) is 18.4. The molecule has 2 aromatic rings. The van der Waals surface area contributed by atoms with Crippen molar-refractivity contribution in [3.63, 3.8) is 0 Å². The third-order valence-corrected chi connectivity index (χ3v) is 5.65. The van der Waals surface area contributed by atoms with Crippen LogP contribution in [-0.2, 0) is 36.9 Å². The molecule has 1 aliphatic heterocycles. The Morgan fingerprint density at radius 2 is 1.33 bits per heavy atom. The molecular weight excluding hydrogens is 380 g/mol. The lowest BCUT2D eigenvalue weighted by Gasteiger charge is -2.40. The molecule has 5 heteroatoms. The van der Waals surface area contributed by atoms with E-state index >= 15 is 0 Å². The molecule has 0 fully saturated rings. The first-order chi connectivity index (χ1) is 13.9. The highest BCUT2D eigenvalue weighted by Gasteiger charge is 2.72. The third kappa shape index (κ3) is 2.83. The molecule has 2 atom stereocenters. The fourth-order valence-electron chi connectivity index (χ4n) is 3.96. The predicted molar refractivity (Wildman–Crippen MR) is 112 cm³/mol. The first-order valence-corrected chi connectivity index (χ1v) is 10.2. The van der Waals surface area contributed by atoms with E-state index in [4.69, 9.17) is 14.2 Å². The van der Waals surface area contributed by atoms with Crippen LogP contribution in [0.5, 0.6) is 5.75 Å². The van der Waals surface area contributed by atoms with Crippen molar-refractivity contribution in [3.05, 3.63) is 65.2 Å². The second kappa shape index (κ2) is 6.34. The Morgan fingerprint density at radius 3 is 1.97 bits per heavy atom. The Hall–Kier alpha value is -2.82. The number of fused-ring (bicyclic) bond motifs is 5. The van der Waals surface area contributed by atoms with Crippen molar-refractivity contribution in [2.45, 2.75) is 59.4 Å². The van der Waals surface area contributed by atoms with E-state index in [0.717, 1.165) is 5.56 Å². The Kier molecular flexibility index (Phi) is 4.32. The molecule has 0 bridgehead atoms. The standard InChI is InChI=1S/C25H28O5/c1-22(2,3)20(26)29-24-15-16-11-7-8-12-17(16)25(24,30-21(27)23(4,5)6)28-19-14-10-9-13-18(19)24/h7-14H,15H2,1-6H3. The van der Waals surface area contributed by atoms with Crippen LogP contribution in [0.25, 0.3) is 0 Å². The smallest absolute Gasteiger partial charge is 0.326 e. The van der Waals surface area contributed by atoms with Crippen LogP contribution in [0.15, 0.2) is 48.5 Å². The van der Waals surface area contributed by atoms with Gasteiger partial charge in [-0.2, -0.15) is 0 Å². The molecule has 158 valence electrons. The number of hydrogen-bond donors (Lipinski definition) is 0. The van der Waals surface area contributed by atoms with Crippen molar-refractivity contribution >= 4 is 11.9 Å². The van der Waals surface area contributed by atoms with Gasteiger partial charge in [0.1, 0.15) is 5.75 Å². The van der Waals surface area contributed by atoms with Crippen LogP contribution in [0.2, 0.25) is 0 Å². The van der Waals surface area contributed by atoms with E-state index in [2.05, 4.69) is 0 Å². The van der Waals surface area contributed by atoms with E-state index < -0.39 is 28.2 Å². The Labute approximate surface area is 177 Å². The molecular formula is C25H28O5. The van der Waals surface area contributed by atoms with Crippen LogP contribution < -0.4 is 4.74 Å². The van der Waals surface area contributed by atoms with Crippen molar-refractivity contribution in [3.8, 4) is 5.75 Å². The molecule has 0 amide bonds. The van der Waals surface area contributed by atoms with Gasteiger partial charge in [0, 0.05) is 17.5 Å². The minimum atomic E-state index is -1.57. The Bertz CT molecular complexity index is 943. The average molecular weight is 408 g/mol. The lowest BCUT2D eigenvalue weighted by Crippen LogP contribution is -2.54. The molecule has 30 heavy (non-hydrogen) atoms. The molecule has 1 aliphatic carbocycles. The summed E-state index contributed by atoms with van der Waals surface area (Å²) in [5, 5.41) is 0. The summed E-state index contributed by atoms with van der Waals surface area (Å²) in [6, 6.07) is 15.1. The van der Waals surface area contributed by atoms with E-state index in [1.54, 1.807) is 41.5 Å². The summed E-state index contributed by atoms with van der Waals surface area (Å²) in [6.07, 6.45) is 0.361. The highest BCUT2D eigenvalue weighted by atomic mass is 16.8. The summed E-state index contributed by atoms with van der Waals surface area (Å²) in [6.45, 7) is 10.8. The average Bonchev–Trinajstić information content (AvgIpc) is 3.05. The fourth-order valence-corrected chi connectivity index (χ4v) is 3.96. The quantitative estimate of drug-likeness (QED) is 0.664. The van der Waals surface area contributed by atoms with Crippen molar-refractivity contribution in [1.29, 1.82) is 0 Å². The summed E-state index contributed by atoms with van der Waals surface area (Å²) in [4.78, 5) is 26.2. The number of benzene rings is 2. The van der Waals surface area contributed by atoms with E-state index in [1.165, 1.54) is 0 Å². The second-order valence-electron chi connectivity index (χ2n) is 10.2. The maximum atomic E-state index is 13.1. The zero-order valence-electron chi connectivity index (χ0n) is 18.4. The predicted octanol–water partition coefficient (Wildman–Crippen LogP) is 4.86. The molecule has 0 spiro atoms. The van der Waals surface area contributed by atoms with Gasteiger partial charge >= 0.3 is 17.7 Å². The van der Waals surface area contributed by atoms with Gasteiger partial charge in [0.05, 0.1) is 10.8 Å². The Balaban J connectivity index is 1.96. The molecule has 0 N–H and O–H groups in total. The maximum absolute atomic E-state index is 13.1. The number of carbonyl (C=O) groups is 2. The highest BCUT2D eigenvalue weighted by molar-refractivity contribution is 5.79. The molecule has 5 nitrogen and oxygen atoms in total. The number of para-hydroxylation sites is 1. The largest absolute Gasteiger partial charge is 0.444 e. The van der Waals surface area contributed by atoms with Gasteiger partial charge in [-0.1, -0.05) is 42.5 Å². The highest BCUT2D eigenvalue weighted by Crippen LogP contribution is 2.62.